The molecule has 2 nitrogen and oxygen atoms in total. The maximum atomic E-state index is 12.1. The van der Waals surface area contributed by atoms with Gasteiger partial charge in [-0.3, -0.25) is 4.79 Å². The molecule has 0 aromatic heterocycles. The molecule has 0 aliphatic heterocycles. The van der Waals surface area contributed by atoms with Crippen LogP contribution in [0.3, 0.4) is 0 Å². The van der Waals surface area contributed by atoms with Gasteiger partial charge in [-0.05, 0) is 74.9 Å². The van der Waals surface area contributed by atoms with Gasteiger partial charge in [0.2, 0.25) is 0 Å². The highest BCUT2D eigenvalue weighted by Gasteiger charge is 2.10. The maximum absolute atomic E-state index is 12.1. The molecule has 0 unspecified atom stereocenters. The topological polar surface area (TPSA) is 29.1 Å². The monoisotopic (exact) mass is 433 g/mol. The van der Waals surface area contributed by atoms with Crippen molar-refractivity contribution in [3.05, 3.63) is 56.1 Å². The van der Waals surface area contributed by atoms with Crippen molar-refractivity contribution in [2.24, 2.45) is 0 Å². The zero-order valence-electron chi connectivity index (χ0n) is 9.15. The number of carbonyl (C=O) groups is 1. The molecule has 0 fully saturated rings. The highest BCUT2D eigenvalue weighted by Crippen LogP contribution is 2.22. The van der Waals surface area contributed by atoms with E-state index >= 15 is 0 Å². The number of amides is 1. The Hall–Kier alpha value is -0.530. The van der Waals surface area contributed by atoms with Gasteiger partial charge in [-0.2, -0.15) is 0 Å². The molecule has 0 aliphatic carbocycles. The summed E-state index contributed by atoms with van der Waals surface area (Å²) in [6.07, 6.45) is 0. The molecule has 0 saturated carbocycles. The van der Waals surface area contributed by atoms with Gasteiger partial charge in [-0.1, -0.05) is 6.07 Å². The van der Waals surface area contributed by atoms with Crippen LogP contribution in [-0.4, -0.2) is 5.91 Å². The predicted molar refractivity (Wildman–Crippen MR) is 88.5 cm³/mol. The standard InChI is InChI=1S/C13H9BrINOS/c14-12-5-4-10(18)7-11(12)13(17)16-9-3-1-2-8(15)6-9/h1-7,18H,(H,16,17). The second-order valence-electron chi connectivity index (χ2n) is 3.63. The Morgan fingerprint density at radius 3 is 2.72 bits per heavy atom. The average molecular weight is 434 g/mol. The molecule has 92 valence electrons. The van der Waals surface area contributed by atoms with Gasteiger partial charge in [0.05, 0.1) is 5.56 Å². The maximum Gasteiger partial charge on any atom is 0.256 e. The summed E-state index contributed by atoms with van der Waals surface area (Å²) < 4.78 is 1.83. The minimum Gasteiger partial charge on any atom is -0.322 e. The van der Waals surface area contributed by atoms with E-state index in [2.05, 4.69) is 56.5 Å². The molecule has 0 radical (unpaired) electrons. The van der Waals surface area contributed by atoms with Gasteiger partial charge in [0.1, 0.15) is 0 Å². The molecule has 5 heteroatoms. The minimum absolute atomic E-state index is 0.153. The summed E-state index contributed by atoms with van der Waals surface area (Å²) in [5, 5.41) is 2.86. The van der Waals surface area contributed by atoms with E-state index in [1.807, 2.05) is 36.4 Å². The number of nitrogens with one attached hydrogen (secondary N) is 1. The molecule has 0 heterocycles. The quantitative estimate of drug-likeness (QED) is 0.526. The Bertz CT molecular complexity index is 603. The number of anilines is 1. The van der Waals surface area contributed by atoms with Gasteiger partial charge in [0.25, 0.3) is 5.91 Å². The van der Waals surface area contributed by atoms with Gasteiger partial charge in [0, 0.05) is 18.6 Å². The van der Waals surface area contributed by atoms with Gasteiger partial charge >= 0.3 is 0 Å². The van der Waals surface area contributed by atoms with Crippen molar-refractivity contribution in [3.8, 4) is 0 Å². The fourth-order valence-corrected chi connectivity index (χ4v) is 2.63. The molecule has 1 N–H and O–H groups in total. The lowest BCUT2D eigenvalue weighted by Gasteiger charge is -2.07. The van der Waals surface area contributed by atoms with Crippen LogP contribution in [0.4, 0.5) is 5.69 Å². The average Bonchev–Trinajstić information content (AvgIpc) is 2.32. The van der Waals surface area contributed by atoms with Crippen molar-refractivity contribution < 1.29 is 4.79 Å². The van der Waals surface area contributed by atoms with Crippen LogP contribution in [0.5, 0.6) is 0 Å². The summed E-state index contributed by atoms with van der Waals surface area (Å²) in [6.45, 7) is 0. The third kappa shape index (κ3) is 3.49. The van der Waals surface area contributed by atoms with Crippen molar-refractivity contribution in [2.45, 2.75) is 4.90 Å². The van der Waals surface area contributed by atoms with Crippen LogP contribution in [0.25, 0.3) is 0 Å². The number of hydrogen-bond donors (Lipinski definition) is 2. The van der Waals surface area contributed by atoms with Crippen molar-refractivity contribution >= 4 is 62.7 Å². The number of thiol groups is 1. The summed E-state index contributed by atoms with van der Waals surface area (Å²) in [5.41, 5.74) is 1.35. The molecule has 0 atom stereocenters. The summed E-state index contributed by atoms with van der Waals surface area (Å²) in [7, 11) is 0. The van der Waals surface area contributed by atoms with Gasteiger partial charge < -0.3 is 5.32 Å². The van der Waals surface area contributed by atoms with Crippen LogP contribution in [0.2, 0.25) is 0 Å². The second kappa shape index (κ2) is 6.08. The second-order valence-corrected chi connectivity index (χ2v) is 6.24. The van der Waals surface area contributed by atoms with Crippen LogP contribution in [0.15, 0.2) is 51.8 Å². The molecule has 18 heavy (non-hydrogen) atoms. The molecule has 0 aliphatic rings. The van der Waals surface area contributed by atoms with Crippen LogP contribution < -0.4 is 5.32 Å². The lowest BCUT2D eigenvalue weighted by Crippen LogP contribution is -2.12. The number of rotatable bonds is 2. The Balaban J connectivity index is 2.24. The summed E-state index contributed by atoms with van der Waals surface area (Å²) in [6, 6.07) is 13.0. The van der Waals surface area contributed by atoms with E-state index in [0.29, 0.717) is 5.56 Å². The zero-order valence-corrected chi connectivity index (χ0v) is 13.8. The van der Waals surface area contributed by atoms with E-state index in [4.69, 9.17) is 0 Å². The largest absolute Gasteiger partial charge is 0.322 e. The zero-order chi connectivity index (χ0) is 13.1. The fourth-order valence-electron chi connectivity index (χ4n) is 1.45. The van der Waals surface area contributed by atoms with Crippen LogP contribution in [0.1, 0.15) is 10.4 Å². The van der Waals surface area contributed by atoms with Crippen molar-refractivity contribution in [3.63, 3.8) is 0 Å². The van der Waals surface area contributed by atoms with E-state index < -0.39 is 0 Å². The summed E-state index contributed by atoms with van der Waals surface area (Å²) >= 11 is 9.81. The highest BCUT2D eigenvalue weighted by molar-refractivity contribution is 14.1. The number of carbonyl (C=O) groups excluding carboxylic acids is 1. The van der Waals surface area contributed by atoms with E-state index in [9.17, 15) is 4.79 Å². The highest BCUT2D eigenvalue weighted by atomic mass is 127. The molecule has 2 rings (SSSR count). The van der Waals surface area contributed by atoms with Crippen LogP contribution in [-0.2, 0) is 0 Å². The normalized spacial score (nSPS) is 10.2. The Morgan fingerprint density at radius 2 is 2.00 bits per heavy atom. The van der Waals surface area contributed by atoms with E-state index in [0.717, 1.165) is 18.6 Å². The summed E-state index contributed by atoms with van der Waals surface area (Å²) in [5.74, 6) is -0.153. The van der Waals surface area contributed by atoms with Gasteiger partial charge in [-0.25, -0.2) is 0 Å². The Kier molecular flexibility index (Phi) is 4.69. The Morgan fingerprint density at radius 1 is 1.22 bits per heavy atom. The first-order valence-corrected chi connectivity index (χ1v) is 7.43. The molecular formula is C13H9BrINOS. The van der Waals surface area contributed by atoms with Crippen molar-refractivity contribution in [1.29, 1.82) is 0 Å². The van der Waals surface area contributed by atoms with E-state index in [-0.39, 0.29) is 5.91 Å². The van der Waals surface area contributed by atoms with Gasteiger partial charge in [-0.15, -0.1) is 12.6 Å². The molecule has 0 spiro atoms. The molecular weight excluding hydrogens is 425 g/mol. The predicted octanol–water partition coefficient (Wildman–Crippen LogP) is 4.59. The molecule has 0 saturated heterocycles. The first-order valence-electron chi connectivity index (χ1n) is 5.12. The van der Waals surface area contributed by atoms with Crippen molar-refractivity contribution in [1.82, 2.24) is 0 Å². The number of benzene rings is 2. The first kappa shape index (κ1) is 13.9. The minimum atomic E-state index is -0.153. The lowest BCUT2D eigenvalue weighted by atomic mass is 10.2. The lowest BCUT2D eigenvalue weighted by molar-refractivity contribution is 0.102. The van der Waals surface area contributed by atoms with Crippen LogP contribution in [0, 0.1) is 3.57 Å². The third-order valence-corrected chi connectivity index (χ3v) is 3.92. The first-order chi connectivity index (χ1) is 8.56. The van der Waals surface area contributed by atoms with E-state index in [1.165, 1.54) is 0 Å². The van der Waals surface area contributed by atoms with E-state index in [1.54, 1.807) is 6.07 Å². The fraction of sp³-hybridized carbons (Fsp3) is 0. The molecule has 2 aromatic carbocycles. The molecule has 2 aromatic rings. The third-order valence-electron chi connectivity index (χ3n) is 2.28. The molecule has 1 amide bonds. The summed E-state index contributed by atoms with van der Waals surface area (Å²) in [4.78, 5) is 12.9. The van der Waals surface area contributed by atoms with Gasteiger partial charge in [0.15, 0.2) is 0 Å². The smallest absolute Gasteiger partial charge is 0.256 e. The molecule has 0 bridgehead atoms. The van der Waals surface area contributed by atoms with Crippen LogP contribution >= 0.6 is 51.1 Å². The SMILES string of the molecule is O=C(Nc1cccc(I)c1)c1cc(S)ccc1Br. The number of hydrogen-bond acceptors (Lipinski definition) is 2. The Labute approximate surface area is 133 Å². The number of halogens is 2. The van der Waals surface area contributed by atoms with Crippen molar-refractivity contribution in [2.75, 3.05) is 5.32 Å².